The van der Waals surface area contributed by atoms with Gasteiger partial charge in [-0.2, -0.15) is 0 Å². The summed E-state index contributed by atoms with van der Waals surface area (Å²) in [6, 6.07) is 10.8. The van der Waals surface area contributed by atoms with Gasteiger partial charge in [0, 0.05) is 38.4 Å². The van der Waals surface area contributed by atoms with E-state index in [9.17, 15) is 14.4 Å². The summed E-state index contributed by atoms with van der Waals surface area (Å²) in [7, 11) is 3.08. The van der Waals surface area contributed by atoms with Gasteiger partial charge in [0.2, 0.25) is 5.43 Å². The molecule has 3 rings (SSSR count). The smallest absolute Gasteiger partial charge is 0.319 e. The lowest BCUT2D eigenvalue weighted by molar-refractivity contribution is -0.142. The zero-order valence-electron chi connectivity index (χ0n) is 17.3. The van der Waals surface area contributed by atoms with Crippen LogP contribution in [0.15, 0.2) is 47.4 Å². The molecule has 1 saturated heterocycles. The van der Waals surface area contributed by atoms with Gasteiger partial charge in [-0.3, -0.25) is 19.3 Å². The molecule has 0 aliphatic carbocycles. The Balaban J connectivity index is 1.66. The average molecular weight is 413 g/mol. The van der Waals surface area contributed by atoms with E-state index in [2.05, 4.69) is 5.32 Å². The second-order valence-electron chi connectivity index (χ2n) is 7.34. The van der Waals surface area contributed by atoms with Gasteiger partial charge in [0.15, 0.2) is 11.4 Å². The summed E-state index contributed by atoms with van der Waals surface area (Å²) < 4.78 is 12.1. The van der Waals surface area contributed by atoms with Crippen LogP contribution in [0.1, 0.15) is 28.9 Å². The number of carbonyl (C=O) groups excluding carboxylic acids is 2. The van der Waals surface area contributed by atoms with Gasteiger partial charge in [-0.25, -0.2) is 0 Å². The van der Waals surface area contributed by atoms with Crippen LogP contribution in [0, 0.1) is 0 Å². The van der Waals surface area contributed by atoms with Crippen LogP contribution < -0.4 is 15.5 Å². The van der Waals surface area contributed by atoms with Crippen molar-refractivity contribution in [3.8, 4) is 5.75 Å². The molecule has 1 fully saturated rings. The number of aromatic nitrogens is 1. The molecule has 0 spiro atoms. The van der Waals surface area contributed by atoms with Gasteiger partial charge in [-0.1, -0.05) is 30.3 Å². The summed E-state index contributed by atoms with van der Waals surface area (Å²) in [6.45, 7) is 1.82. The molecule has 30 heavy (non-hydrogen) atoms. The summed E-state index contributed by atoms with van der Waals surface area (Å²) in [5.41, 5.74) is 0.783. The number of nitrogens with one attached hydrogen (secondary N) is 1. The van der Waals surface area contributed by atoms with Crippen molar-refractivity contribution in [3.63, 3.8) is 0 Å². The highest BCUT2D eigenvalue weighted by Crippen LogP contribution is 2.17. The zero-order chi connectivity index (χ0) is 21.5. The van der Waals surface area contributed by atoms with Gasteiger partial charge in [-0.05, 0) is 18.4 Å². The van der Waals surface area contributed by atoms with Crippen LogP contribution in [0.25, 0.3) is 0 Å². The Morgan fingerprint density at radius 1 is 1.13 bits per heavy atom. The highest BCUT2D eigenvalue weighted by Gasteiger charge is 2.25. The number of esters is 1. The molecular formula is C22H27N3O5. The fourth-order valence-corrected chi connectivity index (χ4v) is 3.48. The fraction of sp³-hybridized carbons (Fsp3) is 0.409. The van der Waals surface area contributed by atoms with Crippen molar-refractivity contribution < 1.29 is 19.1 Å². The van der Waals surface area contributed by atoms with E-state index >= 15 is 0 Å². The molecule has 0 saturated carbocycles. The highest BCUT2D eigenvalue weighted by atomic mass is 16.5. The molecule has 1 aromatic carbocycles. The van der Waals surface area contributed by atoms with Crippen LogP contribution in [0.2, 0.25) is 0 Å². The standard InChI is InChI=1S/C22H27N3O5/c1-24-11-10-18(26)21(30-15-16-6-4-3-5-7-16)20(24)22(28)23-17-8-12-25(13-9-17)14-19(27)29-2/h3-7,10-11,17H,8-9,12-15H2,1-2H3,(H,23,28). The molecule has 1 amide bonds. The SMILES string of the molecule is COC(=O)CN1CCC(NC(=O)c2c(OCc3ccccc3)c(=O)ccn2C)CC1. The monoisotopic (exact) mass is 413 g/mol. The van der Waals surface area contributed by atoms with Crippen LogP contribution in [0.5, 0.6) is 5.75 Å². The van der Waals surface area contributed by atoms with Crippen LogP contribution in [-0.2, 0) is 23.2 Å². The van der Waals surface area contributed by atoms with Crippen LogP contribution in [-0.4, -0.2) is 54.1 Å². The maximum absolute atomic E-state index is 13.0. The van der Waals surface area contributed by atoms with E-state index < -0.39 is 0 Å². The van der Waals surface area contributed by atoms with Crippen molar-refractivity contribution in [1.82, 2.24) is 14.8 Å². The maximum atomic E-state index is 13.0. The van der Waals surface area contributed by atoms with Crippen molar-refractivity contribution in [2.45, 2.75) is 25.5 Å². The summed E-state index contributed by atoms with van der Waals surface area (Å²) in [5, 5.41) is 3.01. The quantitative estimate of drug-likeness (QED) is 0.689. The summed E-state index contributed by atoms with van der Waals surface area (Å²) in [6.07, 6.45) is 2.99. The highest BCUT2D eigenvalue weighted by molar-refractivity contribution is 5.95. The van der Waals surface area contributed by atoms with E-state index in [1.165, 1.54) is 13.2 Å². The lowest BCUT2D eigenvalue weighted by Crippen LogP contribution is -2.46. The van der Waals surface area contributed by atoms with E-state index in [-0.39, 0.29) is 47.9 Å². The number of pyridine rings is 1. The number of rotatable bonds is 7. The molecule has 1 N–H and O–H groups in total. The molecule has 0 unspecified atom stereocenters. The molecular weight excluding hydrogens is 386 g/mol. The van der Waals surface area contributed by atoms with Crippen molar-refractivity contribution in [1.29, 1.82) is 0 Å². The third-order valence-electron chi connectivity index (χ3n) is 5.19. The molecule has 1 aromatic heterocycles. The van der Waals surface area contributed by atoms with Crippen molar-refractivity contribution >= 4 is 11.9 Å². The number of amides is 1. The molecule has 2 heterocycles. The Morgan fingerprint density at radius 2 is 1.83 bits per heavy atom. The number of hydrogen-bond donors (Lipinski definition) is 1. The minimum Gasteiger partial charge on any atom is -0.483 e. The predicted octanol–water partition coefficient (Wildman–Crippen LogP) is 1.33. The predicted molar refractivity (Wildman–Crippen MR) is 111 cm³/mol. The van der Waals surface area contributed by atoms with Gasteiger partial charge in [-0.15, -0.1) is 0 Å². The van der Waals surface area contributed by atoms with Crippen molar-refractivity contribution in [2.75, 3.05) is 26.7 Å². The minimum atomic E-state index is -0.343. The number of hydrogen-bond acceptors (Lipinski definition) is 6. The van der Waals surface area contributed by atoms with E-state index in [4.69, 9.17) is 9.47 Å². The number of aryl methyl sites for hydroxylation is 1. The molecule has 8 heteroatoms. The Kier molecular flexibility index (Phi) is 7.24. The van der Waals surface area contributed by atoms with E-state index in [1.807, 2.05) is 35.2 Å². The van der Waals surface area contributed by atoms with Gasteiger partial charge in [0.05, 0.1) is 13.7 Å². The number of methoxy groups -OCH3 is 1. The number of ether oxygens (including phenoxy) is 2. The Morgan fingerprint density at radius 3 is 2.50 bits per heavy atom. The molecule has 0 bridgehead atoms. The molecule has 1 aliphatic heterocycles. The lowest BCUT2D eigenvalue weighted by atomic mass is 10.0. The Labute approximate surface area is 175 Å². The molecule has 1 aliphatic rings. The van der Waals surface area contributed by atoms with E-state index in [1.54, 1.807) is 17.8 Å². The Bertz CT molecular complexity index is 934. The van der Waals surface area contributed by atoms with Crippen LogP contribution in [0.4, 0.5) is 0 Å². The molecule has 8 nitrogen and oxygen atoms in total. The molecule has 160 valence electrons. The van der Waals surface area contributed by atoms with Crippen molar-refractivity contribution in [3.05, 3.63) is 64.1 Å². The largest absolute Gasteiger partial charge is 0.483 e. The second-order valence-corrected chi connectivity index (χ2v) is 7.34. The summed E-state index contributed by atoms with van der Waals surface area (Å²) in [4.78, 5) is 38.8. The Hall–Kier alpha value is -3.13. The summed E-state index contributed by atoms with van der Waals surface area (Å²) in [5.74, 6) is -0.564. The van der Waals surface area contributed by atoms with Gasteiger partial charge in [0.1, 0.15) is 6.61 Å². The first-order chi connectivity index (χ1) is 14.5. The normalized spacial score (nSPS) is 14.9. The molecule has 2 aromatic rings. The van der Waals surface area contributed by atoms with Crippen LogP contribution in [0.3, 0.4) is 0 Å². The number of piperidine rings is 1. The van der Waals surface area contributed by atoms with E-state index in [0.29, 0.717) is 25.9 Å². The summed E-state index contributed by atoms with van der Waals surface area (Å²) >= 11 is 0. The van der Waals surface area contributed by atoms with Gasteiger partial charge in [0.25, 0.3) is 5.91 Å². The maximum Gasteiger partial charge on any atom is 0.319 e. The number of benzene rings is 1. The number of nitrogens with zero attached hydrogens (tertiary/aromatic N) is 2. The molecule has 0 atom stereocenters. The first kappa shape index (κ1) is 21.6. The average Bonchev–Trinajstić information content (AvgIpc) is 2.76. The second kappa shape index (κ2) is 10.1. The van der Waals surface area contributed by atoms with E-state index in [0.717, 1.165) is 5.56 Å². The van der Waals surface area contributed by atoms with Gasteiger partial charge < -0.3 is 19.4 Å². The topological polar surface area (TPSA) is 89.9 Å². The number of likely N-dealkylation sites (tertiary alicyclic amines) is 1. The first-order valence-corrected chi connectivity index (χ1v) is 9.94. The first-order valence-electron chi connectivity index (χ1n) is 9.94. The lowest BCUT2D eigenvalue weighted by Gasteiger charge is -2.31. The molecule has 0 radical (unpaired) electrons. The van der Waals surface area contributed by atoms with Gasteiger partial charge >= 0.3 is 5.97 Å². The fourth-order valence-electron chi connectivity index (χ4n) is 3.48. The third kappa shape index (κ3) is 5.48. The van der Waals surface area contributed by atoms with Crippen molar-refractivity contribution in [2.24, 2.45) is 7.05 Å². The minimum absolute atomic E-state index is 0.0383. The van der Waals surface area contributed by atoms with Crippen LogP contribution >= 0.6 is 0 Å². The third-order valence-corrected chi connectivity index (χ3v) is 5.19. The number of carbonyl (C=O) groups is 2. The zero-order valence-corrected chi connectivity index (χ0v) is 17.3.